The molecule has 0 aliphatic rings. The van der Waals surface area contributed by atoms with E-state index in [1.807, 2.05) is 102 Å². The number of nitrogens with zero attached hydrogens (tertiary/aromatic N) is 1. The van der Waals surface area contributed by atoms with E-state index in [1.54, 1.807) is 54.7 Å². The van der Waals surface area contributed by atoms with Gasteiger partial charge in [-0.05, 0) is 101 Å². The van der Waals surface area contributed by atoms with Crippen molar-refractivity contribution in [2.45, 2.75) is 77.7 Å². The Hall–Kier alpha value is -6.11. The molecule has 0 radical (unpaired) electrons. The summed E-state index contributed by atoms with van der Waals surface area (Å²) in [5.41, 5.74) is 3.13. The largest absolute Gasteiger partial charge is 0.436 e. The van der Waals surface area contributed by atoms with Crippen molar-refractivity contribution in [1.82, 2.24) is 15.6 Å². The zero-order chi connectivity index (χ0) is 41.0. The van der Waals surface area contributed by atoms with Crippen LogP contribution in [0.2, 0.25) is 0 Å². The predicted octanol–water partition coefficient (Wildman–Crippen LogP) is 6.97. The van der Waals surface area contributed by atoms with E-state index in [9.17, 15) is 19.2 Å². The Kier molecular flexibility index (Phi) is 14.1. The summed E-state index contributed by atoms with van der Waals surface area (Å²) in [7, 11) is 0. The van der Waals surface area contributed by atoms with Crippen molar-refractivity contribution >= 4 is 35.0 Å². The van der Waals surface area contributed by atoms with Crippen LogP contribution < -0.4 is 21.3 Å². The highest BCUT2D eigenvalue weighted by Crippen LogP contribution is 2.28. The topological polar surface area (TPSA) is 161 Å². The smallest absolute Gasteiger partial charge is 0.249 e. The van der Waals surface area contributed by atoms with Gasteiger partial charge in [0.2, 0.25) is 29.5 Å². The van der Waals surface area contributed by atoms with Gasteiger partial charge in [-0.25, -0.2) is 4.98 Å². The van der Waals surface area contributed by atoms with Crippen molar-refractivity contribution in [2.75, 3.05) is 23.8 Å². The van der Waals surface area contributed by atoms with Crippen LogP contribution in [-0.2, 0) is 41.5 Å². The fourth-order valence-electron chi connectivity index (χ4n) is 5.50. The predicted molar refractivity (Wildman–Crippen MR) is 220 cm³/mol. The van der Waals surface area contributed by atoms with Crippen molar-refractivity contribution in [3.8, 4) is 22.8 Å². The number of carbonyl (C=O) groups is 4. The van der Waals surface area contributed by atoms with Crippen LogP contribution in [0.3, 0.4) is 0 Å². The molecule has 0 saturated heterocycles. The van der Waals surface area contributed by atoms with Crippen LogP contribution in [0, 0.1) is 0 Å². The second kappa shape index (κ2) is 19.2. The molecule has 298 valence electrons. The number of hydrogen-bond donors (Lipinski definition) is 4. The van der Waals surface area contributed by atoms with E-state index in [2.05, 4.69) is 26.3 Å². The molecule has 0 saturated carbocycles. The second-order valence-electron chi connectivity index (χ2n) is 15.6. The Morgan fingerprint density at radius 3 is 1.39 bits per heavy atom. The van der Waals surface area contributed by atoms with Crippen molar-refractivity contribution in [2.24, 2.45) is 0 Å². The maximum Gasteiger partial charge on any atom is 0.249 e. The monoisotopic (exact) mass is 773 g/mol. The average Bonchev–Trinajstić information content (AvgIpc) is 3.66. The lowest BCUT2D eigenvalue weighted by atomic mass is 10.1. The van der Waals surface area contributed by atoms with Crippen molar-refractivity contribution < 1.29 is 33.1 Å². The van der Waals surface area contributed by atoms with Gasteiger partial charge >= 0.3 is 0 Å². The van der Waals surface area contributed by atoms with Gasteiger partial charge in [-0.2, -0.15) is 0 Å². The fraction of sp³-hybridized carbons (Fsp3) is 0.311. The van der Waals surface area contributed by atoms with E-state index in [0.29, 0.717) is 28.6 Å². The van der Waals surface area contributed by atoms with Crippen LogP contribution in [0.4, 0.5) is 11.4 Å². The third-order valence-corrected chi connectivity index (χ3v) is 8.43. The number of carbonyl (C=O) groups excluding carboxylic acids is 4. The number of benzene rings is 4. The second-order valence-corrected chi connectivity index (χ2v) is 15.6. The Morgan fingerprint density at radius 1 is 0.579 bits per heavy atom. The number of ether oxygens (including phenoxy) is 2. The molecule has 12 heteroatoms. The van der Waals surface area contributed by atoms with Gasteiger partial charge in [0.25, 0.3) is 0 Å². The molecular formula is C45H51N5O7. The van der Waals surface area contributed by atoms with E-state index in [-0.39, 0.29) is 37.9 Å². The number of aromatic nitrogens is 1. The van der Waals surface area contributed by atoms with Crippen molar-refractivity contribution in [3.63, 3.8) is 0 Å². The van der Waals surface area contributed by atoms with Gasteiger partial charge in [0.15, 0.2) is 5.76 Å². The van der Waals surface area contributed by atoms with Gasteiger partial charge in [0.05, 0.1) is 43.5 Å². The molecule has 4 aromatic carbocycles. The summed E-state index contributed by atoms with van der Waals surface area (Å²) >= 11 is 0. The van der Waals surface area contributed by atoms with Crippen LogP contribution in [0.1, 0.15) is 52.7 Å². The summed E-state index contributed by atoms with van der Waals surface area (Å²) in [5, 5.41) is 11.4. The Labute approximate surface area is 333 Å². The summed E-state index contributed by atoms with van der Waals surface area (Å²) in [4.78, 5) is 56.8. The number of anilines is 2. The normalized spacial score (nSPS) is 12.6. The minimum absolute atomic E-state index is 0.000716. The van der Waals surface area contributed by atoms with E-state index < -0.39 is 35.1 Å². The van der Waals surface area contributed by atoms with Crippen LogP contribution in [0.15, 0.2) is 120 Å². The lowest BCUT2D eigenvalue weighted by Crippen LogP contribution is -2.48. The summed E-state index contributed by atoms with van der Waals surface area (Å²) in [5.74, 6) is -0.505. The molecule has 5 rings (SSSR count). The fourth-order valence-corrected chi connectivity index (χ4v) is 5.50. The SMILES string of the molecule is CC(C)(C)OCC(NC(=O)Cc1ccccc1)C(=O)Nc1ccc(-c2cnc(-c3ccc(NC(=O)C(COC(C)(C)C)NC(=O)Cc4ccccc4)cc3)o2)cc1. The molecule has 0 aliphatic carbocycles. The molecule has 0 fully saturated rings. The Balaban J connectivity index is 1.18. The van der Waals surface area contributed by atoms with Gasteiger partial charge in [0.1, 0.15) is 12.1 Å². The molecule has 0 aliphatic heterocycles. The third-order valence-electron chi connectivity index (χ3n) is 8.43. The molecule has 0 spiro atoms. The molecule has 1 aromatic heterocycles. The zero-order valence-electron chi connectivity index (χ0n) is 33.3. The van der Waals surface area contributed by atoms with E-state index >= 15 is 0 Å². The standard InChI is InChI=1S/C45H51N5O7/c1-44(2,3)55-28-36(49-39(51)25-30-13-9-7-10-14-30)41(53)47-34-21-17-32(18-22-34)38-27-46-43(57-38)33-19-23-35(24-20-33)48-42(54)37(29-56-45(4,5)6)50-40(52)26-31-15-11-8-12-16-31/h7-24,27,36-37H,25-26,28-29H2,1-6H3,(H,47,53)(H,48,54)(H,49,51)(H,50,52). The van der Waals surface area contributed by atoms with Gasteiger partial charge in [-0.15, -0.1) is 0 Å². The van der Waals surface area contributed by atoms with E-state index in [4.69, 9.17) is 13.9 Å². The highest BCUT2D eigenvalue weighted by atomic mass is 16.5. The molecular weight excluding hydrogens is 723 g/mol. The van der Waals surface area contributed by atoms with Crippen LogP contribution in [-0.4, -0.2) is 65.1 Å². The van der Waals surface area contributed by atoms with Gasteiger partial charge in [-0.1, -0.05) is 60.7 Å². The molecule has 0 bridgehead atoms. The molecule has 12 nitrogen and oxygen atoms in total. The number of nitrogens with one attached hydrogen (secondary N) is 4. The highest BCUT2D eigenvalue weighted by Gasteiger charge is 2.26. The van der Waals surface area contributed by atoms with E-state index in [0.717, 1.165) is 16.7 Å². The van der Waals surface area contributed by atoms with Crippen LogP contribution >= 0.6 is 0 Å². The first-order chi connectivity index (χ1) is 27.1. The third kappa shape index (κ3) is 13.9. The number of rotatable bonds is 16. The molecule has 4 amide bonds. The van der Waals surface area contributed by atoms with Crippen molar-refractivity contribution in [3.05, 3.63) is 127 Å². The average molecular weight is 774 g/mol. The maximum absolute atomic E-state index is 13.3. The minimum Gasteiger partial charge on any atom is -0.436 e. The molecule has 4 N–H and O–H groups in total. The summed E-state index contributed by atoms with van der Waals surface area (Å²) < 4.78 is 17.8. The quantitative estimate of drug-likeness (QED) is 0.0837. The molecule has 2 unspecified atom stereocenters. The van der Waals surface area contributed by atoms with Gasteiger partial charge in [0, 0.05) is 22.5 Å². The summed E-state index contributed by atoms with van der Waals surface area (Å²) in [6.07, 6.45) is 1.89. The van der Waals surface area contributed by atoms with Gasteiger partial charge < -0.3 is 35.2 Å². The number of amides is 4. The number of oxazole rings is 1. The Morgan fingerprint density at radius 2 is 0.982 bits per heavy atom. The van der Waals surface area contributed by atoms with E-state index in [1.165, 1.54) is 0 Å². The first kappa shape index (κ1) is 42.0. The lowest BCUT2D eigenvalue weighted by molar-refractivity contribution is -0.129. The summed E-state index contributed by atoms with van der Waals surface area (Å²) in [6, 6.07) is 30.9. The molecule has 1 heterocycles. The summed E-state index contributed by atoms with van der Waals surface area (Å²) in [6.45, 7) is 11.3. The van der Waals surface area contributed by atoms with Crippen LogP contribution in [0.5, 0.6) is 0 Å². The lowest BCUT2D eigenvalue weighted by Gasteiger charge is -2.25. The van der Waals surface area contributed by atoms with Crippen LogP contribution in [0.25, 0.3) is 22.8 Å². The minimum atomic E-state index is -0.913. The zero-order valence-corrected chi connectivity index (χ0v) is 33.3. The first-order valence-corrected chi connectivity index (χ1v) is 18.8. The highest BCUT2D eigenvalue weighted by molar-refractivity contribution is 5.98. The van der Waals surface area contributed by atoms with Gasteiger partial charge in [-0.3, -0.25) is 19.2 Å². The number of hydrogen-bond acceptors (Lipinski definition) is 8. The molecule has 2 atom stereocenters. The first-order valence-electron chi connectivity index (χ1n) is 18.8. The molecule has 57 heavy (non-hydrogen) atoms. The van der Waals surface area contributed by atoms with Crippen molar-refractivity contribution in [1.29, 1.82) is 0 Å². The Bertz CT molecular complexity index is 1940. The molecule has 5 aromatic rings. The maximum atomic E-state index is 13.3.